The predicted molar refractivity (Wildman–Crippen MR) is 81.2 cm³/mol. The Hall–Kier alpha value is -0.865. The average Bonchev–Trinajstić information content (AvgIpc) is 2.56. The van der Waals surface area contributed by atoms with Gasteiger partial charge in [0.2, 0.25) is 0 Å². The van der Waals surface area contributed by atoms with Gasteiger partial charge in [0.25, 0.3) is 0 Å². The van der Waals surface area contributed by atoms with Crippen molar-refractivity contribution in [2.24, 2.45) is 0 Å². The molecule has 2 heterocycles. The average molecular weight is 273 g/mol. The first-order valence-corrected chi connectivity index (χ1v) is 7.72. The molecule has 3 rings (SSSR count). The number of nitrogens with zero attached hydrogens (tertiary/aromatic N) is 1. The number of pyridine rings is 1. The summed E-state index contributed by atoms with van der Waals surface area (Å²) in [6, 6.07) is 2.25. The van der Waals surface area contributed by atoms with Gasteiger partial charge >= 0.3 is 7.12 Å². The van der Waals surface area contributed by atoms with Crippen molar-refractivity contribution >= 4 is 12.6 Å². The number of hydrogen-bond donors (Lipinski definition) is 0. The van der Waals surface area contributed by atoms with Gasteiger partial charge in [-0.25, -0.2) is 0 Å². The summed E-state index contributed by atoms with van der Waals surface area (Å²) in [4.78, 5) is 4.66. The highest BCUT2D eigenvalue weighted by Gasteiger charge is 2.51. The standard InChI is InChI=1S/C16H24BNO2/c1-15(2)16(3,4)20-17(19-15)13-10-12-8-6-5-7-9-14(12)18-11-13/h10-11H,5-9H2,1-4H3. The monoisotopic (exact) mass is 273 g/mol. The molecular weight excluding hydrogens is 249 g/mol. The van der Waals surface area contributed by atoms with Crippen LogP contribution in [-0.4, -0.2) is 23.3 Å². The molecule has 1 saturated heterocycles. The normalized spacial score (nSPS) is 24.3. The van der Waals surface area contributed by atoms with Gasteiger partial charge in [-0.1, -0.05) is 12.5 Å². The molecule has 3 nitrogen and oxygen atoms in total. The van der Waals surface area contributed by atoms with E-state index in [0.29, 0.717) is 0 Å². The summed E-state index contributed by atoms with van der Waals surface area (Å²) < 4.78 is 12.2. The van der Waals surface area contributed by atoms with Crippen molar-refractivity contribution < 1.29 is 9.31 Å². The Morgan fingerprint density at radius 2 is 1.65 bits per heavy atom. The first-order valence-electron chi connectivity index (χ1n) is 7.72. The van der Waals surface area contributed by atoms with Gasteiger partial charge in [0.1, 0.15) is 0 Å². The van der Waals surface area contributed by atoms with Gasteiger partial charge in [-0.05, 0) is 58.9 Å². The highest BCUT2D eigenvalue weighted by Crippen LogP contribution is 2.36. The Kier molecular flexibility index (Phi) is 3.42. The third-order valence-corrected chi connectivity index (χ3v) is 4.97. The van der Waals surface area contributed by atoms with Gasteiger partial charge in [0.15, 0.2) is 0 Å². The lowest BCUT2D eigenvalue weighted by Crippen LogP contribution is -2.41. The molecule has 2 aliphatic rings. The fourth-order valence-electron chi connectivity index (χ4n) is 2.89. The zero-order valence-corrected chi connectivity index (χ0v) is 13.0. The molecular formula is C16H24BNO2. The maximum Gasteiger partial charge on any atom is 0.496 e. The summed E-state index contributed by atoms with van der Waals surface area (Å²) in [6.07, 6.45) is 8.01. The van der Waals surface area contributed by atoms with Gasteiger partial charge < -0.3 is 9.31 Å². The van der Waals surface area contributed by atoms with Crippen LogP contribution in [0.3, 0.4) is 0 Å². The molecule has 0 saturated carbocycles. The molecule has 20 heavy (non-hydrogen) atoms. The lowest BCUT2D eigenvalue weighted by atomic mass is 9.79. The van der Waals surface area contributed by atoms with Crippen LogP contribution in [0.2, 0.25) is 0 Å². The van der Waals surface area contributed by atoms with Crippen LogP contribution in [0.15, 0.2) is 12.3 Å². The summed E-state index contributed by atoms with van der Waals surface area (Å²) in [6.45, 7) is 8.35. The van der Waals surface area contributed by atoms with Gasteiger partial charge in [0, 0.05) is 17.4 Å². The van der Waals surface area contributed by atoms with Crippen molar-refractivity contribution in [2.75, 3.05) is 0 Å². The topological polar surface area (TPSA) is 31.4 Å². The highest BCUT2D eigenvalue weighted by molar-refractivity contribution is 6.62. The minimum atomic E-state index is -0.291. The molecule has 1 aromatic rings. The zero-order chi connectivity index (χ0) is 14.4. The molecule has 0 radical (unpaired) electrons. The van der Waals surface area contributed by atoms with Crippen molar-refractivity contribution in [3.8, 4) is 0 Å². The fourth-order valence-corrected chi connectivity index (χ4v) is 2.89. The van der Waals surface area contributed by atoms with E-state index >= 15 is 0 Å². The summed E-state index contributed by atoms with van der Waals surface area (Å²) in [7, 11) is -0.291. The molecule has 1 aliphatic carbocycles. The second-order valence-corrected chi connectivity index (χ2v) is 7.02. The lowest BCUT2D eigenvalue weighted by molar-refractivity contribution is 0.00578. The number of aryl methyl sites for hydroxylation is 2. The first kappa shape index (κ1) is 14.1. The Balaban J connectivity index is 1.87. The van der Waals surface area contributed by atoms with E-state index in [2.05, 4.69) is 38.7 Å². The van der Waals surface area contributed by atoms with Crippen LogP contribution in [0.25, 0.3) is 0 Å². The van der Waals surface area contributed by atoms with Gasteiger partial charge in [0.05, 0.1) is 11.2 Å². The van der Waals surface area contributed by atoms with E-state index < -0.39 is 0 Å². The second kappa shape index (κ2) is 4.85. The molecule has 4 heteroatoms. The number of rotatable bonds is 1. The van der Waals surface area contributed by atoms with E-state index in [1.165, 1.54) is 30.5 Å². The van der Waals surface area contributed by atoms with E-state index in [-0.39, 0.29) is 18.3 Å². The molecule has 1 fully saturated rings. The van der Waals surface area contributed by atoms with Crippen LogP contribution in [0.1, 0.15) is 58.2 Å². The SMILES string of the molecule is CC1(C)OB(c2cnc3c(c2)CCCCC3)OC1(C)C. The molecule has 0 spiro atoms. The third kappa shape index (κ3) is 2.40. The third-order valence-electron chi connectivity index (χ3n) is 4.97. The number of fused-ring (bicyclic) bond motifs is 1. The minimum absolute atomic E-state index is 0.287. The molecule has 0 N–H and O–H groups in total. The van der Waals surface area contributed by atoms with E-state index in [0.717, 1.165) is 18.3 Å². The molecule has 1 aromatic heterocycles. The van der Waals surface area contributed by atoms with Crippen molar-refractivity contribution in [3.63, 3.8) is 0 Å². The van der Waals surface area contributed by atoms with E-state index in [9.17, 15) is 0 Å². The molecule has 1 aliphatic heterocycles. The summed E-state index contributed by atoms with van der Waals surface area (Å²) in [5.41, 5.74) is 3.14. The smallest absolute Gasteiger partial charge is 0.399 e. The molecule has 108 valence electrons. The van der Waals surface area contributed by atoms with Crippen LogP contribution in [0, 0.1) is 0 Å². The quantitative estimate of drug-likeness (QED) is 0.582. The van der Waals surface area contributed by atoms with E-state index in [1.807, 2.05) is 6.20 Å². The van der Waals surface area contributed by atoms with Crippen LogP contribution in [0.4, 0.5) is 0 Å². The fraction of sp³-hybridized carbons (Fsp3) is 0.688. The van der Waals surface area contributed by atoms with Gasteiger partial charge in [-0.15, -0.1) is 0 Å². The summed E-state index contributed by atoms with van der Waals surface area (Å²) in [5, 5.41) is 0. The Labute approximate surface area is 122 Å². The Bertz CT molecular complexity index is 497. The Morgan fingerprint density at radius 1 is 1.00 bits per heavy atom. The van der Waals surface area contributed by atoms with E-state index in [4.69, 9.17) is 9.31 Å². The largest absolute Gasteiger partial charge is 0.496 e. The van der Waals surface area contributed by atoms with Crippen molar-refractivity contribution in [1.29, 1.82) is 0 Å². The molecule has 0 atom stereocenters. The predicted octanol–water partition coefficient (Wildman–Crippen LogP) is 2.65. The molecule has 0 aromatic carbocycles. The van der Waals surface area contributed by atoms with Crippen molar-refractivity contribution in [3.05, 3.63) is 23.5 Å². The summed E-state index contributed by atoms with van der Waals surface area (Å²) >= 11 is 0. The highest BCUT2D eigenvalue weighted by atomic mass is 16.7. The van der Waals surface area contributed by atoms with Crippen LogP contribution in [0.5, 0.6) is 0 Å². The first-order chi connectivity index (χ1) is 9.39. The zero-order valence-electron chi connectivity index (χ0n) is 13.0. The maximum atomic E-state index is 6.11. The lowest BCUT2D eigenvalue weighted by Gasteiger charge is -2.32. The second-order valence-electron chi connectivity index (χ2n) is 7.02. The van der Waals surface area contributed by atoms with Gasteiger partial charge in [-0.3, -0.25) is 4.98 Å². The number of aromatic nitrogens is 1. The van der Waals surface area contributed by atoms with Gasteiger partial charge in [-0.2, -0.15) is 0 Å². The summed E-state index contributed by atoms with van der Waals surface area (Å²) in [5.74, 6) is 0. The maximum absolute atomic E-state index is 6.11. The molecule has 0 amide bonds. The minimum Gasteiger partial charge on any atom is -0.399 e. The van der Waals surface area contributed by atoms with E-state index in [1.54, 1.807) is 0 Å². The Morgan fingerprint density at radius 3 is 2.35 bits per heavy atom. The molecule has 0 bridgehead atoms. The van der Waals surface area contributed by atoms with Crippen LogP contribution >= 0.6 is 0 Å². The van der Waals surface area contributed by atoms with Crippen LogP contribution < -0.4 is 5.46 Å². The van der Waals surface area contributed by atoms with Crippen molar-refractivity contribution in [1.82, 2.24) is 4.98 Å². The van der Waals surface area contributed by atoms with Crippen molar-refractivity contribution in [2.45, 2.75) is 71.0 Å². The molecule has 0 unspecified atom stereocenters. The number of hydrogen-bond acceptors (Lipinski definition) is 3. The van der Waals surface area contributed by atoms with Crippen LogP contribution in [-0.2, 0) is 22.2 Å².